The van der Waals surface area contributed by atoms with Crippen molar-refractivity contribution in [3.8, 4) is 5.75 Å². The molecule has 0 aromatic heterocycles. The molecule has 3 heteroatoms. The normalized spacial score (nSPS) is 12.1. The van der Waals surface area contributed by atoms with Crippen molar-refractivity contribution in [1.29, 1.82) is 0 Å². The molecule has 0 spiro atoms. The van der Waals surface area contributed by atoms with Crippen LogP contribution >= 0.6 is 0 Å². The summed E-state index contributed by atoms with van der Waals surface area (Å²) in [5.74, 6) is 0.0183. The Morgan fingerprint density at radius 3 is 2.26 bits per heavy atom. The Morgan fingerprint density at radius 1 is 1.17 bits per heavy atom. The van der Waals surface area contributed by atoms with E-state index in [0.29, 0.717) is 12.2 Å². The molecular weight excluding hydrogens is 288 g/mol. The third-order valence-electron chi connectivity index (χ3n) is 3.82. The van der Waals surface area contributed by atoms with Crippen LogP contribution < -0.4 is 0 Å². The van der Waals surface area contributed by atoms with E-state index in [-0.39, 0.29) is 29.8 Å². The van der Waals surface area contributed by atoms with Gasteiger partial charge in [0, 0.05) is 6.42 Å². The van der Waals surface area contributed by atoms with Crippen LogP contribution in [-0.2, 0) is 26.8 Å². The molecule has 0 saturated carbocycles. The van der Waals surface area contributed by atoms with Crippen LogP contribution in [0.3, 0.4) is 0 Å². The smallest absolute Gasteiger partial charge is 0.306 e. The molecule has 0 aliphatic carbocycles. The molecule has 1 rings (SSSR count). The van der Waals surface area contributed by atoms with Crippen molar-refractivity contribution in [2.24, 2.45) is 0 Å². The fourth-order valence-electron chi connectivity index (χ4n) is 2.35. The minimum atomic E-state index is -0.275. The summed E-state index contributed by atoms with van der Waals surface area (Å²) in [6.07, 6.45) is 2.26. The maximum atomic E-state index is 11.7. The second-order valence-corrected chi connectivity index (χ2v) is 8.00. The lowest BCUT2D eigenvalue weighted by Gasteiger charge is -2.27. The van der Waals surface area contributed by atoms with Crippen molar-refractivity contribution in [2.45, 2.75) is 65.2 Å². The third kappa shape index (κ3) is 5.42. The molecule has 1 aromatic rings. The predicted octanol–water partition coefficient (Wildman–Crippen LogP) is 4.65. The van der Waals surface area contributed by atoms with Gasteiger partial charge in [-0.25, -0.2) is 0 Å². The number of aromatic hydroxyl groups is 1. The van der Waals surface area contributed by atoms with Gasteiger partial charge in [0.15, 0.2) is 0 Å². The lowest BCUT2D eigenvalue weighted by atomic mass is 9.78. The van der Waals surface area contributed by atoms with E-state index < -0.39 is 0 Å². The monoisotopic (exact) mass is 318 g/mol. The van der Waals surface area contributed by atoms with Crippen molar-refractivity contribution in [2.75, 3.05) is 6.61 Å². The van der Waals surface area contributed by atoms with Crippen LogP contribution in [0.4, 0.5) is 0 Å². The topological polar surface area (TPSA) is 46.5 Å². The van der Waals surface area contributed by atoms with Crippen molar-refractivity contribution in [3.05, 3.63) is 41.5 Å². The highest BCUT2D eigenvalue weighted by atomic mass is 16.5. The highest BCUT2D eigenvalue weighted by molar-refractivity contribution is 5.70. The number of carbonyl (C=O) groups is 1. The number of phenols is 1. The van der Waals surface area contributed by atoms with Crippen LogP contribution in [-0.4, -0.2) is 17.7 Å². The number of rotatable bonds is 5. The summed E-state index contributed by atoms with van der Waals surface area (Å²) in [4.78, 5) is 11.7. The second-order valence-electron chi connectivity index (χ2n) is 8.00. The van der Waals surface area contributed by atoms with Crippen LogP contribution in [0.1, 0.15) is 64.7 Å². The molecule has 1 N–H and O–H groups in total. The summed E-state index contributed by atoms with van der Waals surface area (Å²) in [6, 6.07) is 4.08. The molecule has 0 aliphatic rings. The maximum absolute atomic E-state index is 11.7. The number of hydrogen-bond acceptors (Lipinski definition) is 3. The van der Waals surface area contributed by atoms with Crippen LogP contribution in [0, 0.1) is 0 Å². The summed E-state index contributed by atoms with van der Waals surface area (Å²) in [6.45, 7) is 16.4. The Labute approximate surface area is 140 Å². The Kier molecular flexibility index (Phi) is 6.04. The Bertz CT molecular complexity index is 572. The molecule has 0 bridgehead atoms. The van der Waals surface area contributed by atoms with E-state index in [2.05, 4.69) is 54.2 Å². The van der Waals surface area contributed by atoms with E-state index in [1.165, 1.54) is 0 Å². The van der Waals surface area contributed by atoms with E-state index in [1.807, 2.05) is 6.07 Å². The number of ether oxygens (including phenoxy) is 1. The van der Waals surface area contributed by atoms with Gasteiger partial charge in [0.2, 0.25) is 0 Å². The lowest BCUT2D eigenvalue weighted by Crippen LogP contribution is -2.18. The van der Waals surface area contributed by atoms with Gasteiger partial charge in [0.25, 0.3) is 0 Å². The zero-order valence-electron chi connectivity index (χ0n) is 15.3. The van der Waals surface area contributed by atoms with E-state index >= 15 is 0 Å². The fraction of sp³-hybridized carbons (Fsp3) is 0.550. The molecule has 3 nitrogen and oxygen atoms in total. The predicted molar refractivity (Wildman–Crippen MR) is 95.0 cm³/mol. The van der Waals surface area contributed by atoms with Gasteiger partial charge in [-0.15, -0.1) is 0 Å². The lowest BCUT2D eigenvalue weighted by molar-refractivity contribution is -0.142. The highest BCUT2D eigenvalue weighted by Gasteiger charge is 2.25. The first-order valence-electron chi connectivity index (χ1n) is 8.10. The molecule has 0 fully saturated rings. The minimum Gasteiger partial charge on any atom is -0.507 e. The Balaban J connectivity index is 3.15. The summed E-state index contributed by atoms with van der Waals surface area (Å²) in [7, 11) is 0. The number of esters is 1. The average Bonchev–Trinajstić information content (AvgIpc) is 2.41. The van der Waals surface area contributed by atoms with Crippen LogP contribution in [0.2, 0.25) is 0 Å². The van der Waals surface area contributed by atoms with Gasteiger partial charge in [-0.2, -0.15) is 0 Å². The average molecular weight is 318 g/mol. The molecule has 1 aromatic carbocycles. The van der Waals surface area contributed by atoms with E-state index in [4.69, 9.17) is 4.74 Å². The van der Waals surface area contributed by atoms with Crippen molar-refractivity contribution < 1.29 is 14.6 Å². The number of phenolic OH excluding ortho intramolecular Hbond substituents is 1. The Hall–Kier alpha value is -1.77. The fourth-order valence-corrected chi connectivity index (χ4v) is 2.35. The molecule has 128 valence electrons. The highest BCUT2D eigenvalue weighted by Crippen LogP contribution is 2.38. The minimum absolute atomic E-state index is 0.0220. The number of aryl methyl sites for hydroxylation is 1. The zero-order valence-corrected chi connectivity index (χ0v) is 15.3. The first-order valence-corrected chi connectivity index (χ1v) is 8.10. The van der Waals surface area contributed by atoms with E-state index in [1.54, 1.807) is 6.08 Å². The molecule has 0 atom stereocenters. The molecule has 0 heterocycles. The summed E-state index contributed by atoms with van der Waals surface area (Å²) in [5, 5.41) is 10.6. The van der Waals surface area contributed by atoms with Crippen molar-refractivity contribution in [3.63, 3.8) is 0 Å². The maximum Gasteiger partial charge on any atom is 0.306 e. The van der Waals surface area contributed by atoms with E-state index in [9.17, 15) is 9.90 Å². The van der Waals surface area contributed by atoms with Gasteiger partial charge in [-0.05, 0) is 33.9 Å². The first-order chi connectivity index (χ1) is 10.5. The molecular formula is C20H30O3. The SMILES string of the molecule is C=CCOC(=O)CCc1cc(C(C)(C)C)cc(C(C)(C)C)c1O. The molecule has 0 unspecified atom stereocenters. The van der Waals surface area contributed by atoms with Gasteiger partial charge in [-0.3, -0.25) is 4.79 Å². The largest absolute Gasteiger partial charge is 0.507 e. The summed E-state index contributed by atoms with van der Waals surface area (Å²) in [5.41, 5.74) is 2.70. The van der Waals surface area contributed by atoms with Gasteiger partial charge in [0.1, 0.15) is 12.4 Å². The Morgan fingerprint density at radius 2 is 1.78 bits per heavy atom. The van der Waals surface area contributed by atoms with Gasteiger partial charge >= 0.3 is 5.97 Å². The molecule has 0 aliphatic heterocycles. The van der Waals surface area contributed by atoms with Gasteiger partial charge in [0.05, 0.1) is 0 Å². The molecule has 0 saturated heterocycles. The van der Waals surface area contributed by atoms with Crippen LogP contribution in [0.15, 0.2) is 24.8 Å². The quantitative estimate of drug-likeness (QED) is 0.635. The zero-order chi connectivity index (χ0) is 17.8. The standard InChI is InChI=1S/C20H30O3/c1-8-11-23-17(21)10-9-14-12-15(19(2,3)4)13-16(18(14)22)20(5,6)7/h8,12-13,22H,1,9-11H2,2-7H3. The molecule has 23 heavy (non-hydrogen) atoms. The van der Waals surface area contributed by atoms with E-state index in [0.717, 1.165) is 16.7 Å². The number of carbonyl (C=O) groups excluding carboxylic acids is 1. The van der Waals surface area contributed by atoms with Gasteiger partial charge in [-0.1, -0.05) is 66.3 Å². The summed E-state index contributed by atoms with van der Waals surface area (Å²) >= 11 is 0. The van der Waals surface area contributed by atoms with Crippen molar-refractivity contribution in [1.82, 2.24) is 0 Å². The van der Waals surface area contributed by atoms with Crippen molar-refractivity contribution >= 4 is 5.97 Å². The first kappa shape index (κ1) is 19.3. The number of benzene rings is 1. The van der Waals surface area contributed by atoms with Crippen LogP contribution in [0.5, 0.6) is 5.75 Å². The third-order valence-corrected chi connectivity index (χ3v) is 3.82. The second kappa shape index (κ2) is 7.20. The summed E-state index contributed by atoms with van der Waals surface area (Å²) < 4.78 is 5.01. The van der Waals surface area contributed by atoms with Crippen LogP contribution in [0.25, 0.3) is 0 Å². The van der Waals surface area contributed by atoms with Gasteiger partial charge < -0.3 is 9.84 Å². The molecule has 0 amide bonds. The molecule has 0 radical (unpaired) electrons. The number of hydrogen-bond donors (Lipinski definition) is 1.